The third-order valence-corrected chi connectivity index (χ3v) is 3.11. The Hall–Kier alpha value is -2.11. The van der Waals surface area contributed by atoms with E-state index < -0.39 is 23.5 Å². The number of H-pyrrole nitrogens is 1. The molecule has 0 fully saturated rings. The molecular weight excluding hydrogens is 260 g/mol. The first-order chi connectivity index (χ1) is 9.22. The van der Waals surface area contributed by atoms with Crippen LogP contribution in [0.25, 0.3) is 0 Å². The molecule has 3 N–H and O–H groups in total. The zero-order valence-corrected chi connectivity index (χ0v) is 12.1. The lowest BCUT2D eigenvalue weighted by Gasteiger charge is -2.20. The van der Waals surface area contributed by atoms with Crippen LogP contribution in [0.5, 0.6) is 0 Å². The molecule has 0 aromatic carbocycles. The van der Waals surface area contributed by atoms with Gasteiger partial charge < -0.3 is 15.4 Å². The molecule has 0 aliphatic rings. The number of pyridine rings is 1. The van der Waals surface area contributed by atoms with Crippen molar-refractivity contribution in [3.8, 4) is 0 Å². The molecule has 1 atom stereocenters. The quantitative estimate of drug-likeness (QED) is 0.755. The number of rotatable bonds is 5. The highest BCUT2D eigenvalue weighted by Crippen LogP contribution is 2.09. The van der Waals surface area contributed by atoms with E-state index in [0.29, 0.717) is 11.3 Å². The van der Waals surface area contributed by atoms with E-state index in [1.807, 2.05) is 13.8 Å². The lowest BCUT2D eigenvalue weighted by molar-refractivity contribution is -0.137. The van der Waals surface area contributed by atoms with E-state index >= 15 is 0 Å². The van der Waals surface area contributed by atoms with Crippen molar-refractivity contribution in [1.29, 1.82) is 0 Å². The van der Waals surface area contributed by atoms with Crippen LogP contribution in [-0.2, 0) is 4.79 Å². The predicted molar refractivity (Wildman–Crippen MR) is 74.9 cm³/mol. The largest absolute Gasteiger partial charge is 0.481 e. The molecule has 1 aromatic rings. The molecule has 1 unspecified atom stereocenters. The minimum atomic E-state index is -0.987. The normalized spacial score (nSPS) is 12.2. The third kappa shape index (κ3) is 3.94. The summed E-state index contributed by atoms with van der Waals surface area (Å²) in [5, 5.41) is 11.5. The van der Waals surface area contributed by atoms with Crippen molar-refractivity contribution in [2.75, 3.05) is 0 Å². The fourth-order valence-electron chi connectivity index (χ4n) is 2.02. The van der Waals surface area contributed by atoms with Gasteiger partial charge in [-0.3, -0.25) is 14.4 Å². The maximum atomic E-state index is 12.2. The number of carbonyl (C=O) groups excluding carboxylic acids is 1. The van der Waals surface area contributed by atoms with E-state index in [4.69, 9.17) is 5.11 Å². The Morgan fingerprint density at radius 2 is 1.95 bits per heavy atom. The molecule has 1 aromatic heterocycles. The molecule has 0 aliphatic heterocycles. The average molecular weight is 280 g/mol. The Bertz CT molecular complexity index is 575. The number of nitrogens with one attached hydrogen (secondary N) is 2. The number of aromatic nitrogens is 1. The van der Waals surface area contributed by atoms with Crippen molar-refractivity contribution in [2.45, 2.75) is 40.2 Å². The van der Waals surface area contributed by atoms with E-state index in [9.17, 15) is 14.4 Å². The molecule has 0 saturated heterocycles. The number of carbonyl (C=O) groups is 2. The molecule has 20 heavy (non-hydrogen) atoms. The molecule has 1 amide bonds. The number of aromatic amines is 1. The average Bonchev–Trinajstić information content (AvgIpc) is 2.25. The number of amides is 1. The van der Waals surface area contributed by atoms with Crippen LogP contribution in [0.1, 0.15) is 41.9 Å². The van der Waals surface area contributed by atoms with Crippen molar-refractivity contribution in [1.82, 2.24) is 10.3 Å². The van der Waals surface area contributed by atoms with E-state index in [-0.39, 0.29) is 17.9 Å². The molecule has 6 nitrogen and oxygen atoms in total. The first-order valence-electron chi connectivity index (χ1n) is 6.45. The van der Waals surface area contributed by atoms with Crippen LogP contribution in [0.15, 0.2) is 10.9 Å². The van der Waals surface area contributed by atoms with Gasteiger partial charge in [-0.1, -0.05) is 13.8 Å². The van der Waals surface area contributed by atoms with Gasteiger partial charge in [0.2, 0.25) is 0 Å². The monoisotopic (exact) mass is 280 g/mol. The van der Waals surface area contributed by atoms with Gasteiger partial charge in [0.1, 0.15) is 5.56 Å². The maximum absolute atomic E-state index is 12.2. The molecule has 0 saturated carbocycles. The zero-order valence-electron chi connectivity index (χ0n) is 12.1. The summed E-state index contributed by atoms with van der Waals surface area (Å²) < 4.78 is 0. The first-order valence-corrected chi connectivity index (χ1v) is 6.45. The second-order valence-electron chi connectivity index (χ2n) is 5.26. The van der Waals surface area contributed by atoms with Crippen molar-refractivity contribution in [3.63, 3.8) is 0 Å². The van der Waals surface area contributed by atoms with Gasteiger partial charge in [-0.05, 0) is 31.4 Å². The van der Waals surface area contributed by atoms with Crippen LogP contribution < -0.4 is 10.9 Å². The Balaban J connectivity index is 3.01. The van der Waals surface area contributed by atoms with Crippen molar-refractivity contribution >= 4 is 11.9 Å². The molecule has 110 valence electrons. The summed E-state index contributed by atoms with van der Waals surface area (Å²) in [6, 6.07) is 1.19. The highest BCUT2D eigenvalue weighted by atomic mass is 16.4. The minimum absolute atomic E-state index is 0.0339. The van der Waals surface area contributed by atoms with Crippen molar-refractivity contribution in [3.05, 3.63) is 33.2 Å². The number of aliphatic carboxylic acids is 1. The third-order valence-electron chi connectivity index (χ3n) is 3.11. The second kappa shape index (κ2) is 6.36. The lowest BCUT2D eigenvalue weighted by atomic mass is 10.00. The summed E-state index contributed by atoms with van der Waals surface area (Å²) in [7, 11) is 0. The number of hydrogen-bond acceptors (Lipinski definition) is 3. The van der Waals surface area contributed by atoms with Gasteiger partial charge in [0.05, 0.1) is 6.42 Å². The molecule has 0 aliphatic carbocycles. The molecule has 6 heteroatoms. The summed E-state index contributed by atoms with van der Waals surface area (Å²) >= 11 is 0. The fourth-order valence-corrected chi connectivity index (χ4v) is 2.02. The van der Waals surface area contributed by atoms with Gasteiger partial charge >= 0.3 is 5.97 Å². The number of aryl methyl sites for hydroxylation is 2. The number of hydrogen-bond donors (Lipinski definition) is 3. The van der Waals surface area contributed by atoms with E-state index in [2.05, 4.69) is 10.3 Å². The van der Waals surface area contributed by atoms with Crippen LogP contribution in [0.3, 0.4) is 0 Å². The maximum Gasteiger partial charge on any atom is 0.305 e. The Kier molecular flexibility index (Phi) is 5.07. The Labute approximate surface area is 117 Å². The minimum Gasteiger partial charge on any atom is -0.481 e. The summed E-state index contributed by atoms with van der Waals surface area (Å²) in [5.41, 5.74) is 0.820. The van der Waals surface area contributed by atoms with Gasteiger partial charge in [0.25, 0.3) is 11.5 Å². The summed E-state index contributed by atoms with van der Waals surface area (Å²) in [5.74, 6) is -1.57. The molecule has 1 rings (SSSR count). The van der Waals surface area contributed by atoms with Crippen LogP contribution in [-0.4, -0.2) is 28.0 Å². The van der Waals surface area contributed by atoms with E-state index in [0.717, 1.165) is 0 Å². The molecule has 0 bridgehead atoms. The van der Waals surface area contributed by atoms with Crippen molar-refractivity contribution in [2.24, 2.45) is 5.92 Å². The van der Waals surface area contributed by atoms with E-state index in [1.165, 1.54) is 0 Å². The van der Waals surface area contributed by atoms with Gasteiger partial charge in [-0.25, -0.2) is 0 Å². The second-order valence-corrected chi connectivity index (χ2v) is 5.26. The highest BCUT2D eigenvalue weighted by molar-refractivity contribution is 5.95. The number of carboxylic acids is 1. The predicted octanol–water partition coefficient (Wildman–Crippen LogP) is 1.22. The lowest BCUT2D eigenvalue weighted by Crippen LogP contribution is -2.42. The standard InChI is InChI=1S/C14H20N2O4/c1-7(2)10(6-11(17)18)16-14(20)12-8(3)5-9(4)15-13(12)19/h5,7,10H,6H2,1-4H3,(H,15,19)(H,16,20)(H,17,18). The van der Waals surface area contributed by atoms with Crippen LogP contribution in [0.2, 0.25) is 0 Å². The SMILES string of the molecule is Cc1cc(C)c(C(=O)NC(CC(=O)O)C(C)C)c(=O)[nH]1. The van der Waals surface area contributed by atoms with E-state index in [1.54, 1.807) is 19.9 Å². The van der Waals surface area contributed by atoms with Crippen LogP contribution in [0, 0.1) is 19.8 Å². The smallest absolute Gasteiger partial charge is 0.305 e. The topological polar surface area (TPSA) is 99.3 Å². The molecule has 0 spiro atoms. The van der Waals surface area contributed by atoms with Gasteiger partial charge in [-0.15, -0.1) is 0 Å². The summed E-state index contributed by atoms with van der Waals surface area (Å²) in [4.78, 5) is 37.4. The molecular formula is C14H20N2O4. The Morgan fingerprint density at radius 3 is 2.40 bits per heavy atom. The van der Waals surface area contributed by atoms with Crippen molar-refractivity contribution < 1.29 is 14.7 Å². The summed E-state index contributed by atoms with van der Waals surface area (Å²) in [6.45, 7) is 7.05. The summed E-state index contributed by atoms with van der Waals surface area (Å²) in [6.07, 6.45) is -0.174. The van der Waals surface area contributed by atoms with Crippen LogP contribution in [0.4, 0.5) is 0 Å². The van der Waals surface area contributed by atoms with Gasteiger partial charge in [-0.2, -0.15) is 0 Å². The first kappa shape index (κ1) is 15.9. The number of carboxylic acid groups (broad SMARTS) is 1. The molecule has 1 heterocycles. The fraction of sp³-hybridized carbons (Fsp3) is 0.500. The van der Waals surface area contributed by atoms with Gasteiger partial charge in [0.15, 0.2) is 0 Å². The van der Waals surface area contributed by atoms with Gasteiger partial charge in [0, 0.05) is 11.7 Å². The molecule has 0 radical (unpaired) electrons. The highest BCUT2D eigenvalue weighted by Gasteiger charge is 2.22. The Morgan fingerprint density at radius 1 is 1.35 bits per heavy atom. The zero-order chi connectivity index (χ0) is 15.4. The van der Waals surface area contributed by atoms with Crippen LogP contribution >= 0.6 is 0 Å².